The lowest BCUT2D eigenvalue weighted by molar-refractivity contribution is -0.138. The number of hydrogen-bond donors (Lipinski definition) is 0. The predicted molar refractivity (Wildman–Crippen MR) is 47.7 cm³/mol. The third kappa shape index (κ3) is 2.51. The van der Waals surface area contributed by atoms with E-state index in [9.17, 15) is 4.79 Å². The summed E-state index contributed by atoms with van der Waals surface area (Å²) in [4.78, 5) is 11.3. The van der Waals surface area contributed by atoms with Crippen LogP contribution in [-0.4, -0.2) is 19.2 Å². The predicted octanol–water partition coefficient (Wildman–Crippen LogP) is 1.25. The van der Waals surface area contributed by atoms with Crippen LogP contribution in [0.4, 0.5) is 0 Å². The summed E-state index contributed by atoms with van der Waals surface area (Å²) >= 11 is 0. The molecule has 0 saturated heterocycles. The van der Waals surface area contributed by atoms with Crippen LogP contribution in [0.2, 0.25) is 0 Å². The van der Waals surface area contributed by atoms with Crippen LogP contribution in [0.25, 0.3) is 0 Å². The van der Waals surface area contributed by atoms with Gasteiger partial charge in [0.2, 0.25) is 0 Å². The molecule has 0 aromatic carbocycles. The van der Waals surface area contributed by atoms with Gasteiger partial charge in [0.15, 0.2) is 6.61 Å². The van der Waals surface area contributed by atoms with Crippen LogP contribution in [0, 0.1) is 12.3 Å². The molecule has 0 atom stereocenters. The largest absolute Gasteiger partial charge is 0.498 e. The maximum Gasteiger partial charge on any atom is 0.338 e. The molecular weight excluding hydrogens is 168 g/mol. The van der Waals surface area contributed by atoms with Crippen molar-refractivity contribution >= 4 is 5.97 Å². The zero-order valence-electron chi connectivity index (χ0n) is 7.63. The first-order chi connectivity index (χ1) is 6.25. The summed E-state index contributed by atoms with van der Waals surface area (Å²) in [5.74, 6) is 2.55. The Kier molecular flexibility index (Phi) is 3.39. The molecule has 0 aromatic rings. The molecule has 1 aliphatic rings. The molecule has 0 saturated carbocycles. The monoisotopic (exact) mass is 180 g/mol. The Morgan fingerprint density at radius 3 is 3.15 bits per heavy atom. The van der Waals surface area contributed by atoms with Crippen LogP contribution >= 0.6 is 0 Å². The molecule has 0 unspecified atom stereocenters. The average molecular weight is 180 g/mol. The van der Waals surface area contributed by atoms with Gasteiger partial charge in [0.1, 0.15) is 5.76 Å². The quantitative estimate of drug-likeness (QED) is 0.474. The van der Waals surface area contributed by atoms with Crippen molar-refractivity contribution < 1.29 is 14.3 Å². The highest BCUT2D eigenvalue weighted by Crippen LogP contribution is 2.19. The highest BCUT2D eigenvalue weighted by molar-refractivity contribution is 5.89. The van der Waals surface area contributed by atoms with Crippen LogP contribution in [0.15, 0.2) is 11.3 Å². The molecule has 1 rings (SSSR count). The van der Waals surface area contributed by atoms with Crippen LogP contribution in [0.1, 0.15) is 19.8 Å². The Hall–Kier alpha value is -1.43. The zero-order chi connectivity index (χ0) is 9.68. The van der Waals surface area contributed by atoms with E-state index in [0.29, 0.717) is 17.9 Å². The Balaban J connectivity index is 2.59. The second-order valence-electron chi connectivity index (χ2n) is 2.77. The van der Waals surface area contributed by atoms with E-state index in [0.717, 1.165) is 12.8 Å². The SMILES string of the molecule is C#CCOC(=O)C1=C(C)OCCC1. The van der Waals surface area contributed by atoms with Gasteiger partial charge in [-0.25, -0.2) is 4.79 Å². The van der Waals surface area contributed by atoms with Crippen molar-refractivity contribution in [2.75, 3.05) is 13.2 Å². The number of ether oxygens (including phenoxy) is 2. The number of terminal acetylenes is 1. The van der Waals surface area contributed by atoms with E-state index in [1.807, 2.05) is 0 Å². The van der Waals surface area contributed by atoms with Crippen molar-refractivity contribution in [1.82, 2.24) is 0 Å². The molecule has 0 amide bonds. The minimum Gasteiger partial charge on any atom is -0.498 e. The summed E-state index contributed by atoms with van der Waals surface area (Å²) < 4.78 is 10.0. The van der Waals surface area contributed by atoms with Crippen LogP contribution in [0.3, 0.4) is 0 Å². The van der Waals surface area contributed by atoms with Gasteiger partial charge in [-0.1, -0.05) is 5.92 Å². The molecule has 0 bridgehead atoms. The summed E-state index contributed by atoms with van der Waals surface area (Å²) in [7, 11) is 0. The topological polar surface area (TPSA) is 35.5 Å². The van der Waals surface area contributed by atoms with Crippen molar-refractivity contribution in [3.8, 4) is 12.3 Å². The molecule has 1 aliphatic heterocycles. The summed E-state index contributed by atoms with van der Waals surface area (Å²) in [6.45, 7) is 2.47. The molecule has 0 N–H and O–H groups in total. The lowest BCUT2D eigenvalue weighted by atomic mass is 10.1. The lowest BCUT2D eigenvalue weighted by Gasteiger charge is -2.17. The third-order valence-electron chi connectivity index (χ3n) is 1.85. The highest BCUT2D eigenvalue weighted by Gasteiger charge is 2.18. The molecule has 0 spiro atoms. The number of esters is 1. The van der Waals surface area contributed by atoms with Gasteiger partial charge in [0.05, 0.1) is 12.2 Å². The fourth-order valence-electron chi connectivity index (χ4n) is 1.18. The van der Waals surface area contributed by atoms with Gasteiger partial charge < -0.3 is 9.47 Å². The minimum absolute atomic E-state index is 0.0234. The fourth-order valence-corrected chi connectivity index (χ4v) is 1.18. The molecule has 3 heteroatoms. The minimum atomic E-state index is -0.352. The van der Waals surface area contributed by atoms with Crippen LogP contribution in [0.5, 0.6) is 0 Å². The van der Waals surface area contributed by atoms with Gasteiger partial charge in [0, 0.05) is 0 Å². The number of rotatable bonds is 2. The standard InChI is InChI=1S/C10H12O3/c1-3-6-13-10(11)9-5-4-7-12-8(9)2/h1H,4-7H2,2H3. The Labute approximate surface area is 77.7 Å². The van der Waals surface area contributed by atoms with Gasteiger partial charge in [-0.05, 0) is 19.8 Å². The van der Waals surface area contributed by atoms with Gasteiger partial charge in [-0.3, -0.25) is 0 Å². The zero-order valence-corrected chi connectivity index (χ0v) is 7.63. The second-order valence-corrected chi connectivity index (χ2v) is 2.77. The van der Waals surface area contributed by atoms with Gasteiger partial charge in [-0.15, -0.1) is 6.42 Å². The molecule has 13 heavy (non-hydrogen) atoms. The number of carbonyl (C=O) groups is 1. The molecule has 3 nitrogen and oxygen atoms in total. The van der Waals surface area contributed by atoms with E-state index in [2.05, 4.69) is 5.92 Å². The van der Waals surface area contributed by atoms with Gasteiger partial charge in [-0.2, -0.15) is 0 Å². The first-order valence-electron chi connectivity index (χ1n) is 4.19. The van der Waals surface area contributed by atoms with Gasteiger partial charge >= 0.3 is 5.97 Å². The van der Waals surface area contributed by atoms with Crippen molar-refractivity contribution in [2.24, 2.45) is 0 Å². The lowest BCUT2D eigenvalue weighted by Crippen LogP contribution is -2.15. The molecule has 0 aliphatic carbocycles. The molecule has 0 fully saturated rings. The normalized spacial score (nSPS) is 16.0. The smallest absolute Gasteiger partial charge is 0.338 e. The Bertz CT molecular complexity index is 270. The van der Waals surface area contributed by atoms with Crippen molar-refractivity contribution in [3.63, 3.8) is 0 Å². The van der Waals surface area contributed by atoms with Crippen molar-refractivity contribution in [3.05, 3.63) is 11.3 Å². The number of allylic oxidation sites excluding steroid dienone is 1. The first kappa shape index (κ1) is 9.66. The molecular formula is C10H12O3. The first-order valence-corrected chi connectivity index (χ1v) is 4.19. The van der Waals surface area contributed by atoms with Gasteiger partial charge in [0.25, 0.3) is 0 Å². The Morgan fingerprint density at radius 1 is 1.77 bits per heavy atom. The fraction of sp³-hybridized carbons (Fsp3) is 0.500. The molecule has 1 heterocycles. The van der Waals surface area contributed by atoms with Crippen molar-refractivity contribution in [1.29, 1.82) is 0 Å². The van der Waals surface area contributed by atoms with Crippen molar-refractivity contribution in [2.45, 2.75) is 19.8 Å². The highest BCUT2D eigenvalue weighted by atomic mass is 16.5. The molecule has 0 radical (unpaired) electrons. The summed E-state index contributed by atoms with van der Waals surface area (Å²) in [6, 6.07) is 0. The van der Waals surface area contributed by atoms with E-state index in [1.54, 1.807) is 6.92 Å². The van der Waals surface area contributed by atoms with E-state index in [1.165, 1.54) is 0 Å². The van der Waals surface area contributed by atoms with E-state index >= 15 is 0 Å². The molecule has 0 aromatic heterocycles. The van der Waals surface area contributed by atoms with E-state index in [4.69, 9.17) is 15.9 Å². The third-order valence-corrected chi connectivity index (χ3v) is 1.85. The van der Waals surface area contributed by atoms with Crippen LogP contribution < -0.4 is 0 Å². The summed E-state index contributed by atoms with van der Waals surface area (Å²) in [5.41, 5.74) is 0.613. The molecule has 70 valence electrons. The Morgan fingerprint density at radius 2 is 2.54 bits per heavy atom. The van der Waals surface area contributed by atoms with E-state index in [-0.39, 0.29) is 12.6 Å². The summed E-state index contributed by atoms with van der Waals surface area (Å²) in [6.07, 6.45) is 6.54. The summed E-state index contributed by atoms with van der Waals surface area (Å²) in [5, 5.41) is 0. The van der Waals surface area contributed by atoms with Crippen LogP contribution in [-0.2, 0) is 14.3 Å². The van der Waals surface area contributed by atoms with E-state index < -0.39 is 0 Å². The maximum atomic E-state index is 11.3. The maximum absolute atomic E-state index is 11.3. The number of carbonyl (C=O) groups excluding carboxylic acids is 1. The number of hydrogen-bond acceptors (Lipinski definition) is 3. The average Bonchev–Trinajstić information content (AvgIpc) is 2.15. The second kappa shape index (κ2) is 4.56.